The van der Waals surface area contributed by atoms with Crippen LogP contribution in [-0.2, 0) is 0 Å². The standard InChI is InChI=1S/C11H13BrClN3O.2C11H14BrN3O.2C11H14ClN3O/c1-6-5-7(12)10(17-2)9(8(6)13)16-11-14-3-4-15-11;1-7-5-8(12)10(16-2)9(6-7)15-11-13-3-4-14-11;1-7-3-4-8(16-2)10(9(7)12)15-11-13-5-6-14-11;1-7-5-8(12)10(16-2)9(6-7)15-11-13-3-4-14-11;1-7-3-4-8(16-2)10(9(7)12)15-11-13-5-6-14-11/h5H,3-4H2,1-2H3,(H2,14,15,16);5-6H,3-4H2,1-2H3,(H2,13,14,15);3-4H,5-6H2,1-2H3,(H2,13,14,15);5-6H,3-4H2,1-2H3,(H2,13,14,15);3-4H,5-6H2,1-2H3,(H2,13,14,15). The Kier molecular flexibility index (Phi) is 25.1. The van der Waals surface area contributed by atoms with Gasteiger partial charge in [0, 0.05) is 37.2 Å². The summed E-state index contributed by atoms with van der Waals surface area (Å²) in [7, 11) is 8.15. The maximum absolute atomic E-state index is 6.28. The highest BCUT2D eigenvalue weighted by molar-refractivity contribution is 9.11. The molecule has 0 aliphatic carbocycles. The van der Waals surface area contributed by atoms with Crippen molar-refractivity contribution in [3.8, 4) is 28.7 Å². The third-order valence-electron chi connectivity index (χ3n) is 12.0. The minimum Gasteiger partial charge on any atom is -0.495 e. The van der Waals surface area contributed by atoms with Gasteiger partial charge in [-0.05, 0) is 153 Å². The molecule has 81 heavy (non-hydrogen) atoms. The van der Waals surface area contributed by atoms with Gasteiger partial charge in [-0.2, -0.15) is 0 Å². The van der Waals surface area contributed by atoms with Crippen molar-refractivity contribution in [2.75, 3.05) is 128 Å². The van der Waals surface area contributed by atoms with Gasteiger partial charge in [0.1, 0.15) is 22.9 Å². The van der Waals surface area contributed by atoms with E-state index in [0.717, 1.165) is 176 Å². The lowest BCUT2D eigenvalue weighted by Gasteiger charge is -2.16. The Morgan fingerprint density at radius 3 is 1.23 bits per heavy atom. The number of aliphatic imine (C=N–C) groups is 5. The average Bonchev–Trinajstić information content (AvgIpc) is 4.33. The summed E-state index contributed by atoms with van der Waals surface area (Å²) in [6, 6.07) is 17.6. The molecule has 0 spiro atoms. The van der Waals surface area contributed by atoms with Gasteiger partial charge >= 0.3 is 0 Å². The Bertz CT molecular complexity index is 3000. The monoisotopic (exact) mass is 1360 g/mol. The van der Waals surface area contributed by atoms with Crippen LogP contribution < -0.4 is 76.9 Å². The number of halogens is 6. The molecule has 5 aliphatic rings. The third kappa shape index (κ3) is 18.1. The van der Waals surface area contributed by atoms with E-state index < -0.39 is 0 Å². The number of benzene rings is 5. The maximum atomic E-state index is 6.28. The minimum absolute atomic E-state index is 0.601. The molecule has 5 aliphatic heterocycles. The molecule has 26 heteroatoms. The normalized spacial score (nSPS) is 14.3. The molecule has 0 fully saturated rings. The van der Waals surface area contributed by atoms with Gasteiger partial charge in [0.2, 0.25) is 0 Å². The van der Waals surface area contributed by atoms with Crippen molar-refractivity contribution in [1.29, 1.82) is 0 Å². The summed E-state index contributed by atoms with van der Waals surface area (Å²) in [6.45, 7) is 18.3. The van der Waals surface area contributed by atoms with E-state index >= 15 is 0 Å². The lowest BCUT2D eigenvalue weighted by molar-refractivity contribution is 0.414. The molecule has 0 atom stereocenters. The van der Waals surface area contributed by atoms with Crippen molar-refractivity contribution in [1.82, 2.24) is 26.6 Å². The van der Waals surface area contributed by atoms with E-state index in [4.69, 9.17) is 58.5 Å². The quantitative estimate of drug-likeness (QED) is 0.0627. The number of hydrogen-bond acceptors (Lipinski definition) is 20. The Morgan fingerprint density at radius 1 is 0.407 bits per heavy atom. The van der Waals surface area contributed by atoms with Gasteiger partial charge in [0.25, 0.3) is 0 Å². The highest BCUT2D eigenvalue weighted by atomic mass is 79.9. The number of guanidine groups is 5. The van der Waals surface area contributed by atoms with Gasteiger partial charge in [-0.3, -0.25) is 25.0 Å². The molecular weight excluding hydrogens is 1300 g/mol. The molecule has 20 nitrogen and oxygen atoms in total. The van der Waals surface area contributed by atoms with E-state index in [0.29, 0.717) is 32.3 Å². The van der Waals surface area contributed by atoms with Crippen LogP contribution in [0.5, 0.6) is 28.7 Å². The van der Waals surface area contributed by atoms with Crippen LogP contribution in [0.2, 0.25) is 15.1 Å². The Morgan fingerprint density at radius 2 is 0.790 bits per heavy atom. The van der Waals surface area contributed by atoms with Crippen LogP contribution in [0.1, 0.15) is 27.8 Å². The highest BCUT2D eigenvalue weighted by Crippen LogP contribution is 2.42. The predicted octanol–water partition coefficient (Wildman–Crippen LogP) is 11.1. The van der Waals surface area contributed by atoms with E-state index in [1.807, 2.05) is 89.2 Å². The zero-order valence-corrected chi connectivity index (χ0v) is 53.8. The summed E-state index contributed by atoms with van der Waals surface area (Å²) >= 11 is 29.1. The number of ether oxygens (including phenoxy) is 5. The van der Waals surface area contributed by atoms with Crippen molar-refractivity contribution in [2.24, 2.45) is 25.0 Å². The Labute approximate surface area is 514 Å². The van der Waals surface area contributed by atoms with Gasteiger partial charge in [0.05, 0.1) is 109 Å². The first-order valence-corrected chi connectivity index (χ1v) is 29.1. The summed E-state index contributed by atoms with van der Waals surface area (Å²) < 4.78 is 29.3. The number of anilines is 5. The van der Waals surface area contributed by atoms with Crippen LogP contribution in [0, 0.1) is 34.6 Å². The molecule has 5 heterocycles. The zero-order chi connectivity index (χ0) is 58.6. The number of methoxy groups -OCH3 is 5. The van der Waals surface area contributed by atoms with Crippen molar-refractivity contribution in [3.05, 3.63) is 111 Å². The Hall–Kier alpha value is -6.24. The Balaban J connectivity index is 0.000000163. The number of rotatable bonds is 10. The molecule has 0 unspecified atom stereocenters. The van der Waals surface area contributed by atoms with Crippen LogP contribution in [-0.4, -0.2) is 131 Å². The van der Waals surface area contributed by atoms with Gasteiger partial charge in [0.15, 0.2) is 47.0 Å². The fraction of sp³-hybridized carbons (Fsp3) is 0.364. The molecule has 0 aromatic heterocycles. The fourth-order valence-electron chi connectivity index (χ4n) is 8.02. The first-order chi connectivity index (χ1) is 39.0. The van der Waals surface area contributed by atoms with Crippen LogP contribution >= 0.6 is 82.6 Å². The number of hydrogen-bond donors (Lipinski definition) is 10. The van der Waals surface area contributed by atoms with Crippen molar-refractivity contribution in [3.63, 3.8) is 0 Å². The molecule has 0 amide bonds. The largest absolute Gasteiger partial charge is 0.495 e. The van der Waals surface area contributed by atoms with E-state index in [1.165, 1.54) is 0 Å². The van der Waals surface area contributed by atoms with Crippen LogP contribution in [0.4, 0.5) is 28.4 Å². The molecule has 0 radical (unpaired) electrons. The van der Waals surface area contributed by atoms with Crippen LogP contribution in [0.3, 0.4) is 0 Å². The molecule has 10 rings (SSSR count). The average molecular weight is 1370 g/mol. The lowest BCUT2D eigenvalue weighted by Crippen LogP contribution is -2.26. The fourth-order valence-corrected chi connectivity index (χ4v) is 10.6. The third-order valence-corrected chi connectivity index (χ3v) is 15.4. The summed E-state index contributed by atoms with van der Waals surface area (Å²) in [5.74, 6) is 7.46. The van der Waals surface area contributed by atoms with Crippen LogP contribution in [0.15, 0.2) is 93.0 Å². The second-order valence-electron chi connectivity index (χ2n) is 18.0. The second-order valence-corrected chi connectivity index (χ2v) is 21.7. The summed E-state index contributed by atoms with van der Waals surface area (Å²) in [6.07, 6.45) is 0. The van der Waals surface area contributed by atoms with E-state index in [-0.39, 0.29) is 0 Å². The summed E-state index contributed by atoms with van der Waals surface area (Å²) in [5.41, 5.74) is 9.52. The molecule has 5 aromatic carbocycles. The van der Waals surface area contributed by atoms with E-state index in [1.54, 1.807) is 35.5 Å². The molecular formula is C55H69Br3Cl3N15O5. The highest BCUT2D eigenvalue weighted by Gasteiger charge is 2.19. The van der Waals surface area contributed by atoms with E-state index in [2.05, 4.69) is 126 Å². The van der Waals surface area contributed by atoms with E-state index in [9.17, 15) is 0 Å². The van der Waals surface area contributed by atoms with Crippen LogP contribution in [0.25, 0.3) is 0 Å². The topological polar surface area (TPSA) is 228 Å². The zero-order valence-electron chi connectivity index (χ0n) is 46.8. The molecule has 10 N–H and O–H groups in total. The maximum Gasteiger partial charge on any atom is 0.196 e. The lowest BCUT2D eigenvalue weighted by atomic mass is 10.2. The molecule has 436 valence electrons. The minimum atomic E-state index is 0.601. The van der Waals surface area contributed by atoms with Crippen molar-refractivity contribution >= 4 is 141 Å². The molecule has 5 aromatic rings. The molecule has 0 saturated heterocycles. The second kappa shape index (κ2) is 31.8. The molecule has 0 saturated carbocycles. The van der Waals surface area contributed by atoms with Gasteiger partial charge < -0.3 is 76.9 Å². The predicted molar refractivity (Wildman–Crippen MR) is 346 cm³/mol. The SMILES string of the molecule is COc1c(Br)cc(C)c(Cl)c1NC1=NCCN1.COc1c(Br)cc(C)cc1NC1=NCCN1.COc1c(Cl)cc(C)cc1NC1=NCCN1.COc1ccc(C)c(Br)c1NC1=NCCN1.COc1ccc(C)c(Cl)c1NC1=NCCN1. The summed E-state index contributed by atoms with van der Waals surface area (Å²) in [5, 5.41) is 33.6. The first-order valence-electron chi connectivity index (χ1n) is 25.6. The smallest absolute Gasteiger partial charge is 0.196 e. The van der Waals surface area contributed by atoms with Gasteiger partial charge in [-0.15, -0.1) is 0 Å². The van der Waals surface area contributed by atoms with Crippen molar-refractivity contribution in [2.45, 2.75) is 34.6 Å². The number of aryl methyl sites for hydroxylation is 5. The molecule has 0 bridgehead atoms. The van der Waals surface area contributed by atoms with Gasteiger partial charge in [-0.1, -0.05) is 46.9 Å². The number of nitrogens with zero attached hydrogens (tertiary/aromatic N) is 5. The number of nitrogens with one attached hydrogen (secondary N) is 10. The van der Waals surface area contributed by atoms with Crippen molar-refractivity contribution < 1.29 is 23.7 Å². The van der Waals surface area contributed by atoms with Gasteiger partial charge in [-0.25, -0.2) is 0 Å². The summed E-state index contributed by atoms with van der Waals surface area (Å²) in [4.78, 5) is 21.4. The first kappa shape index (κ1) is 63.9.